The topological polar surface area (TPSA) is 72.6 Å². The van der Waals surface area contributed by atoms with Crippen LogP contribution in [0.1, 0.15) is 53.6 Å². The van der Waals surface area contributed by atoms with Gasteiger partial charge >= 0.3 is 12.1 Å². The number of aromatic nitrogens is 1. The number of aromatic hydroxyl groups is 1. The molecule has 0 bridgehead atoms. The number of carbonyl (C=O) groups is 1. The number of hydrogen-bond donors (Lipinski definition) is 1. The summed E-state index contributed by atoms with van der Waals surface area (Å²) in [5, 5.41) is 10.5. The molecular formula is C21H19F4NO4. The van der Waals surface area contributed by atoms with Gasteiger partial charge in [-0.15, -0.1) is 0 Å². The van der Waals surface area contributed by atoms with Crippen molar-refractivity contribution in [1.29, 1.82) is 0 Å². The molecule has 1 atom stereocenters. The fourth-order valence-corrected chi connectivity index (χ4v) is 3.23. The van der Waals surface area contributed by atoms with Gasteiger partial charge in [-0.3, -0.25) is 4.79 Å². The number of ether oxygens (including phenoxy) is 1. The first-order valence-electron chi connectivity index (χ1n) is 9.13. The molecule has 1 aromatic heterocycles. The summed E-state index contributed by atoms with van der Waals surface area (Å²) in [5.41, 5.74) is 0.165. The Morgan fingerprint density at radius 1 is 1.27 bits per heavy atom. The number of oxazole rings is 1. The van der Waals surface area contributed by atoms with Crippen molar-refractivity contribution in [1.82, 2.24) is 4.98 Å². The van der Waals surface area contributed by atoms with Crippen molar-refractivity contribution in [2.75, 3.05) is 6.61 Å². The summed E-state index contributed by atoms with van der Waals surface area (Å²) in [7, 11) is 0. The Morgan fingerprint density at radius 3 is 2.47 bits per heavy atom. The van der Waals surface area contributed by atoms with E-state index in [1.54, 1.807) is 12.1 Å². The van der Waals surface area contributed by atoms with Crippen LogP contribution in [0, 0.1) is 12.7 Å². The summed E-state index contributed by atoms with van der Waals surface area (Å²) in [6.07, 6.45) is -4.43. The molecule has 3 rings (SSSR count). The van der Waals surface area contributed by atoms with Crippen LogP contribution in [0.2, 0.25) is 0 Å². The third-order valence-electron chi connectivity index (χ3n) is 4.85. The molecule has 0 fully saturated rings. The number of alkyl halides is 3. The van der Waals surface area contributed by atoms with E-state index in [4.69, 9.17) is 9.15 Å². The number of Topliss-reactive ketones (excluding diaryl/α,β-unsaturated/α-hetero) is 1. The summed E-state index contributed by atoms with van der Waals surface area (Å²) < 4.78 is 62.7. The maximum Gasteiger partial charge on any atom is 0.468 e. The van der Waals surface area contributed by atoms with Crippen LogP contribution in [0.5, 0.6) is 11.5 Å². The zero-order valence-corrected chi connectivity index (χ0v) is 16.4. The third-order valence-corrected chi connectivity index (χ3v) is 4.85. The highest BCUT2D eigenvalue weighted by atomic mass is 19.4. The Labute approximate surface area is 169 Å². The third kappa shape index (κ3) is 4.10. The van der Waals surface area contributed by atoms with E-state index in [0.29, 0.717) is 6.42 Å². The van der Waals surface area contributed by atoms with Gasteiger partial charge in [-0.1, -0.05) is 19.1 Å². The summed E-state index contributed by atoms with van der Waals surface area (Å²) in [6.45, 7) is 4.43. The number of hydrogen-bond acceptors (Lipinski definition) is 5. The second-order valence-electron chi connectivity index (χ2n) is 7.02. The van der Waals surface area contributed by atoms with E-state index < -0.39 is 23.6 Å². The normalized spacial score (nSPS) is 12.9. The Morgan fingerprint density at radius 2 is 1.90 bits per heavy atom. The number of phenolic OH excluding ortho intramolecular Hbond substituents is 1. The molecule has 0 spiro atoms. The van der Waals surface area contributed by atoms with Crippen LogP contribution in [0.3, 0.4) is 0 Å². The molecule has 1 heterocycles. The zero-order valence-electron chi connectivity index (χ0n) is 16.4. The molecule has 0 aliphatic heterocycles. The van der Waals surface area contributed by atoms with Crippen LogP contribution in [-0.2, 0) is 6.18 Å². The number of aryl methyl sites for hydroxylation is 1. The maximum atomic E-state index is 13.1. The number of phenols is 1. The van der Waals surface area contributed by atoms with Crippen molar-refractivity contribution in [2.24, 2.45) is 0 Å². The number of ketones is 1. The fraction of sp³-hybridized carbons (Fsp3) is 0.333. The van der Waals surface area contributed by atoms with E-state index in [-0.39, 0.29) is 46.3 Å². The largest absolute Gasteiger partial charge is 0.504 e. The molecule has 0 radical (unpaired) electrons. The van der Waals surface area contributed by atoms with Crippen molar-refractivity contribution in [3.63, 3.8) is 0 Å². The quantitative estimate of drug-likeness (QED) is 0.401. The van der Waals surface area contributed by atoms with Gasteiger partial charge in [0.25, 0.3) is 0 Å². The van der Waals surface area contributed by atoms with Gasteiger partial charge in [0.2, 0.25) is 11.3 Å². The van der Waals surface area contributed by atoms with Gasteiger partial charge in [0.05, 0.1) is 12.2 Å². The molecule has 160 valence electrons. The Balaban J connectivity index is 1.94. The van der Waals surface area contributed by atoms with Crippen molar-refractivity contribution < 1.29 is 36.6 Å². The number of benzene rings is 2. The minimum absolute atomic E-state index is 0.00363. The number of nitrogens with zero attached hydrogens (tertiary/aromatic N) is 1. The number of carbonyl (C=O) groups excluding carboxylic acids is 1. The second-order valence-corrected chi connectivity index (χ2v) is 7.02. The van der Waals surface area contributed by atoms with Crippen LogP contribution in [0.4, 0.5) is 17.6 Å². The number of rotatable bonds is 6. The molecule has 0 amide bonds. The summed E-state index contributed by atoms with van der Waals surface area (Å²) in [6, 6.07) is 5.91. The molecule has 0 saturated carbocycles. The minimum atomic E-state index is -4.84. The van der Waals surface area contributed by atoms with Crippen molar-refractivity contribution >= 4 is 16.9 Å². The molecule has 0 saturated heterocycles. The second kappa shape index (κ2) is 7.97. The predicted molar refractivity (Wildman–Crippen MR) is 100 cm³/mol. The van der Waals surface area contributed by atoms with Gasteiger partial charge in [0.1, 0.15) is 11.3 Å². The monoisotopic (exact) mass is 425 g/mol. The van der Waals surface area contributed by atoms with Gasteiger partial charge in [-0.2, -0.15) is 13.2 Å². The van der Waals surface area contributed by atoms with Crippen molar-refractivity contribution in [3.8, 4) is 11.5 Å². The summed E-state index contributed by atoms with van der Waals surface area (Å²) in [4.78, 5) is 15.4. The van der Waals surface area contributed by atoms with Crippen LogP contribution in [-0.4, -0.2) is 22.5 Å². The smallest absolute Gasteiger partial charge is 0.468 e. The van der Waals surface area contributed by atoms with Crippen LogP contribution in [0.25, 0.3) is 11.1 Å². The highest BCUT2D eigenvalue weighted by Crippen LogP contribution is 2.44. The molecule has 2 aromatic carbocycles. The molecule has 5 nitrogen and oxygen atoms in total. The van der Waals surface area contributed by atoms with Crippen molar-refractivity contribution in [2.45, 2.75) is 39.3 Å². The van der Waals surface area contributed by atoms with Gasteiger partial charge in [-0.25, -0.2) is 9.37 Å². The van der Waals surface area contributed by atoms with Gasteiger partial charge in [0.15, 0.2) is 11.5 Å². The van der Waals surface area contributed by atoms with Crippen LogP contribution in [0.15, 0.2) is 28.7 Å². The van der Waals surface area contributed by atoms with E-state index in [1.807, 2.05) is 6.92 Å². The molecule has 9 heteroatoms. The molecule has 1 N–H and O–H groups in total. The highest BCUT2D eigenvalue weighted by molar-refractivity contribution is 6.04. The van der Waals surface area contributed by atoms with Crippen molar-refractivity contribution in [3.05, 3.63) is 52.7 Å². The lowest BCUT2D eigenvalue weighted by atomic mass is 9.98. The van der Waals surface area contributed by atoms with E-state index in [0.717, 1.165) is 5.56 Å². The summed E-state index contributed by atoms with van der Waals surface area (Å²) in [5.74, 6) is -3.42. The SMILES string of the molecule is CC(=O)c1c(O)c(OCCC(C)c2ccc(F)cc2)c2oc(C(F)(F)F)nc2c1C. The number of halogens is 4. The van der Waals surface area contributed by atoms with E-state index in [2.05, 4.69) is 4.98 Å². The number of fused-ring (bicyclic) bond motifs is 1. The van der Waals surface area contributed by atoms with Gasteiger partial charge in [-0.05, 0) is 49.4 Å². The first kappa shape index (κ1) is 21.6. The highest BCUT2D eigenvalue weighted by Gasteiger charge is 2.39. The first-order chi connectivity index (χ1) is 14.0. The zero-order chi connectivity index (χ0) is 22.2. The van der Waals surface area contributed by atoms with E-state index in [1.165, 1.54) is 26.0 Å². The molecule has 0 aliphatic carbocycles. The average molecular weight is 425 g/mol. The van der Waals surface area contributed by atoms with Gasteiger partial charge < -0.3 is 14.3 Å². The first-order valence-corrected chi connectivity index (χ1v) is 9.13. The molecule has 0 aliphatic rings. The average Bonchev–Trinajstić information content (AvgIpc) is 3.10. The Bertz CT molecular complexity index is 1090. The molecular weight excluding hydrogens is 406 g/mol. The molecule has 3 aromatic rings. The lowest BCUT2D eigenvalue weighted by Crippen LogP contribution is -2.06. The van der Waals surface area contributed by atoms with Crippen LogP contribution >= 0.6 is 0 Å². The molecule has 1 unspecified atom stereocenters. The predicted octanol–water partition coefficient (Wildman–Crippen LogP) is 5.77. The Hall–Kier alpha value is -3.10. The van der Waals surface area contributed by atoms with E-state index in [9.17, 15) is 27.5 Å². The Kier molecular flexibility index (Phi) is 5.74. The lowest BCUT2D eigenvalue weighted by molar-refractivity contribution is -0.156. The minimum Gasteiger partial charge on any atom is -0.504 e. The molecule has 30 heavy (non-hydrogen) atoms. The van der Waals surface area contributed by atoms with E-state index >= 15 is 0 Å². The lowest BCUT2D eigenvalue weighted by Gasteiger charge is -2.15. The van der Waals surface area contributed by atoms with Gasteiger partial charge in [0, 0.05) is 0 Å². The fourth-order valence-electron chi connectivity index (χ4n) is 3.23. The maximum absolute atomic E-state index is 13.1. The standard InChI is InChI=1S/C21H19F4NO4/c1-10(13-4-6-14(22)7-5-13)8-9-29-19-17(28)15(12(3)27)11(2)16-18(19)30-20(26-16)21(23,24)25/h4-7,10,28H,8-9H2,1-3H3. The van der Waals surface area contributed by atoms with Crippen LogP contribution < -0.4 is 4.74 Å². The summed E-state index contributed by atoms with van der Waals surface area (Å²) >= 11 is 0.